The molecule has 1 aromatic heterocycles. The van der Waals surface area contributed by atoms with Crippen molar-refractivity contribution in [3.8, 4) is 5.75 Å². The molecule has 1 amide bonds. The number of nitrogens with zero attached hydrogens (tertiary/aromatic N) is 1. The molecule has 31 heavy (non-hydrogen) atoms. The molecule has 0 aliphatic carbocycles. The summed E-state index contributed by atoms with van der Waals surface area (Å²) < 4.78 is 6.47. The van der Waals surface area contributed by atoms with Gasteiger partial charge < -0.3 is 4.74 Å². The number of para-hydroxylation sites is 1. The Labute approximate surface area is 191 Å². The fourth-order valence-electron chi connectivity index (χ4n) is 2.80. The zero-order valence-electron chi connectivity index (χ0n) is 15.8. The highest BCUT2D eigenvalue weighted by atomic mass is 35.5. The third-order valence-electron chi connectivity index (χ3n) is 4.32. The fourth-order valence-corrected chi connectivity index (χ4v) is 4.31. The molecular formula is C23H14Cl2N2O3S. The van der Waals surface area contributed by atoms with Crippen LogP contribution in [0.2, 0.25) is 10.0 Å². The maximum absolute atomic E-state index is 12.7. The van der Waals surface area contributed by atoms with Crippen molar-refractivity contribution in [1.29, 1.82) is 0 Å². The van der Waals surface area contributed by atoms with E-state index in [9.17, 15) is 9.59 Å². The van der Waals surface area contributed by atoms with Crippen LogP contribution in [0.1, 0.15) is 25.6 Å². The van der Waals surface area contributed by atoms with E-state index >= 15 is 0 Å². The maximum atomic E-state index is 12.7. The first-order valence-corrected chi connectivity index (χ1v) is 10.7. The number of carbonyl (C=O) groups is 2. The summed E-state index contributed by atoms with van der Waals surface area (Å²) in [6.07, 6.45) is 1.41. The van der Waals surface area contributed by atoms with Crippen molar-refractivity contribution < 1.29 is 14.3 Å². The molecule has 0 unspecified atom stereocenters. The first-order valence-electron chi connectivity index (χ1n) is 9.10. The van der Waals surface area contributed by atoms with Gasteiger partial charge in [0, 0.05) is 26.2 Å². The highest BCUT2D eigenvalue weighted by molar-refractivity contribution is 7.21. The molecule has 5 nitrogen and oxygen atoms in total. The third kappa shape index (κ3) is 4.77. The minimum absolute atomic E-state index is 0.297. The Morgan fingerprint density at radius 1 is 0.935 bits per heavy atom. The van der Waals surface area contributed by atoms with Crippen LogP contribution in [-0.2, 0) is 0 Å². The molecule has 0 atom stereocenters. The van der Waals surface area contributed by atoms with Crippen molar-refractivity contribution in [2.45, 2.75) is 0 Å². The van der Waals surface area contributed by atoms with Gasteiger partial charge in [-0.15, -0.1) is 11.3 Å². The quantitative estimate of drug-likeness (QED) is 0.164. The van der Waals surface area contributed by atoms with Crippen molar-refractivity contribution in [1.82, 2.24) is 5.43 Å². The van der Waals surface area contributed by atoms with Crippen LogP contribution in [0.25, 0.3) is 10.1 Å². The highest BCUT2D eigenvalue weighted by Gasteiger charge is 2.19. The van der Waals surface area contributed by atoms with E-state index in [4.69, 9.17) is 27.9 Å². The topological polar surface area (TPSA) is 67.8 Å². The van der Waals surface area contributed by atoms with Crippen LogP contribution >= 0.6 is 34.5 Å². The van der Waals surface area contributed by atoms with Crippen molar-refractivity contribution in [2.24, 2.45) is 5.10 Å². The predicted octanol–water partition coefficient (Wildman–Crippen LogP) is 6.19. The van der Waals surface area contributed by atoms with E-state index in [0.717, 1.165) is 10.1 Å². The average Bonchev–Trinajstić information content (AvgIpc) is 3.12. The van der Waals surface area contributed by atoms with Crippen LogP contribution in [0.3, 0.4) is 0 Å². The van der Waals surface area contributed by atoms with Gasteiger partial charge in [0.1, 0.15) is 10.6 Å². The molecule has 8 heteroatoms. The number of ether oxygens (including phenoxy) is 1. The lowest BCUT2D eigenvalue weighted by Gasteiger charge is -2.06. The van der Waals surface area contributed by atoms with Gasteiger partial charge in [-0.3, -0.25) is 4.79 Å². The van der Waals surface area contributed by atoms with Gasteiger partial charge >= 0.3 is 5.97 Å². The predicted molar refractivity (Wildman–Crippen MR) is 125 cm³/mol. The van der Waals surface area contributed by atoms with Crippen LogP contribution in [-0.4, -0.2) is 18.1 Å². The Balaban J connectivity index is 1.49. The van der Waals surface area contributed by atoms with Gasteiger partial charge in [-0.05, 0) is 42.5 Å². The molecule has 1 heterocycles. The van der Waals surface area contributed by atoms with Crippen molar-refractivity contribution in [3.05, 3.63) is 98.8 Å². The number of hydrogen-bond donors (Lipinski definition) is 1. The summed E-state index contributed by atoms with van der Waals surface area (Å²) in [7, 11) is 0. The Morgan fingerprint density at radius 3 is 2.42 bits per heavy atom. The summed E-state index contributed by atoms with van der Waals surface area (Å²) in [5.74, 6) is -0.651. The van der Waals surface area contributed by atoms with E-state index in [-0.39, 0.29) is 5.91 Å². The SMILES string of the molecule is O=C(NN=Cc1ccccc1OC(=O)c1sc2ccccc2c1Cl)c1ccc(Cl)cc1. The van der Waals surface area contributed by atoms with Crippen molar-refractivity contribution in [2.75, 3.05) is 0 Å². The largest absolute Gasteiger partial charge is 0.422 e. The molecule has 0 aliphatic heterocycles. The normalized spacial score (nSPS) is 11.0. The number of thiophene rings is 1. The molecule has 0 saturated carbocycles. The van der Waals surface area contributed by atoms with Gasteiger partial charge in [0.15, 0.2) is 0 Å². The molecule has 3 aromatic carbocycles. The minimum atomic E-state index is -0.558. The van der Waals surface area contributed by atoms with Crippen LogP contribution in [0, 0.1) is 0 Å². The molecule has 0 spiro atoms. The summed E-state index contributed by atoms with van der Waals surface area (Å²) in [5, 5.41) is 5.67. The number of fused-ring (bicyclic) bond motifs is 1. The van der Waals surface area contributed by atoms with Crippen molar-refractivity contribution >= 4 is 62.7 Å². The van der Waals surface area contributed by atoms with Gasteiger partial charge in [-0.2, -0.15) is 5.10 Å². The first kappa shape index (κ1) is 21.1. The van der Waals surface area contributed by atoms with Crippen LogP contribution in [0.4, 0.5) is 0 Å². The molecule has 0 bridgehead atoms. The number of rotatable bonds is 5. The number of hydrazone groups is 1. The van der Waals surface area contributed by atoms with Gasteiger partial charge in [-0.25, -0.2) is 10.2 Å². The van der Waals surface area contributed by atoms with Crippen LogP contribution < -0.4 is 10.2 Å². The number of nitrogens with one attached hydrogen (secondary N) is 1. The lowest BCUT2D eigenvalue weighted by molar-refractivity contribution is 0.0739. The molecule has 0 fully saturated rings. The van der Waals surface area contributed by atoms with Gasteiger partial charge in [-0.1, -0.05) is 53.5 Å². The Bertz CT molecular complexity index is 1300. The average molecular weight is 469 g/mol. The number of esters is 1. The zero-order valence-corrected chi connectivity index (χ0v) is 18.2. The number of halogens is 2. The molecule has 0 radical (unpaired) electrons. The molecule has 1 N–H and O–H groups in total. The molecule has 4 aromatic rings. The standard InChI is InChI=1S/C23H14Cl2N2O3S/c24-16-11-9-14(10-12-16)22(28)27-26-13-15-5-1-3-7-18(15)30-23(29)21-20(25)17-6-2-4-8-19(17)31-21/h1-13H,(H,27,28). The van der Waals surface area contributed by atoms with E-state index in [1.54, 1.807) is 48.5 Å². The highest BCUT2D eigenvalue weighted by Crippen LogP contribution is 2.36. The van der Waals surface area contributed by atoms with E-state index in [1.165, 1.54) is 17.6 Å². The molecule has 0 aliphatic rings. The van der Waals surface area contributed by atoms with E-state index in [2.05, 4.69) is 10.5 Å². The number of carbonyl (C=O) groups excluding carboxylic acids is 2. The summed E-state index contributed by atoms with van der Waals surface area (Å²) in [5.41, 5.74) is 3.37. The van der Waals surface area contributed by atoms with Crippen molar-refractivity contribution in [3.63, 3.8) is 0 Å². The fraction of sp³-hybridized carbons (Fsp3) is 0. The minimum Gasteiger partial charge on any atom is -0.422 e. The van der Waals surface area contributed by atoms with Crippen LogP contribution in [0.5, 0.6) is 5.75 Å². The summed E-state index contributed by atoms with van der Waals surface area (Å²) in [6, 6.07) is 20.8. The lowest BCUT2D eigenvalue weighted by Crippen LogP contribution is -2.17. The molecule has 4 rings (SSSR count). The Hall–Kier alpha value is -3.19. The van der Waals surface area contributed by atoms with Crippen LogP contribution in [0.15, 0.2) is 77.9 Å². The van der Waals surface area contributed by atoms with Gasteiger partial charge in [0.2, 0.25) is 0 Å². The van der Waals surface area contributed by atoms with E-state index < -0.39 is 5.97 Å². The van der Waals surface area contributed by atoms with Gasteiger partial charge in [0.05, 0.1) is 11.2 Å². The zero-order chi connectivity index (χ0) is 21.8. The lowest BCUT2D eigenvalue weighted by atomic mass is 10.2. The first-order chi connectivity index (χ1) is 15.0. The smallest absolute Gasteiger partial charge is 0.355 e. The number of amides is 1. The maximum Gasteiger partial charge on any atom is 0.355 e. The summed E-state index contributed by atoms with van der Waals surface area (Å²) in [6.45, 7) is 0. The number of benzene rings is 3. The van der Waals surface area contributed by atoms with E-state index in [0.29, 0.717) is 31.8 Å². The Morgan fingerprint density at radius 2 is 1.65 bits per heavy atom. The third-order valence-corrected chi connectivity index (χ3v) is 6.23. The second-order valence-corrected chi connectivity index (χ2v) is 8.24. The molecule has 0 saturated heterocycles. The second kappa shape index (κ2) is 9.31. The monoisotopic (exact) mass is 468 g/mol. The summed E-state index contributed by atoms with van der Waals surface area (Å²) in [4.78, 5) is 25.2. The van der Waals surface area contributed by atoms with E-state index in [1.807, 2.05) is 24.3 Å². The van der Waals surface area contributed by atoms with Gasteiger partial charge in [0.25, 0.3) is 5.91 Å². The Kier molecular flexibility index (Phi) is 6.32. The summed E-state index contributed by atoms with van der Waals surface area (Å²) >= 11 is 13.5. The molecular weight excluding hydrogens is 455 g/mol. The second-order valence-electron chi connectivity index (χ2n) is 6.37. The number of hydrogen-bond acceptors (Lipinski definition) is 5. The molecule has 154 valence electrons.